The van der Waals surface area contributed by atoms with Crippen LogP contribution in [0.3, 0.4) is 0 Å². The van der Waals surface area contributed by atoms with Crippen LogP contribution in [0.1, 0.15) is 48.1 Å². The normalized spacial score (nSPS) is 18.0. The van der Waals surface area contributed by atoms with Crippen molar-refractivity contribution in [1.29, 1.82) is 0 Å². The van der Waals surface area contributed by atoms with Crippen LogP contribution in [-0.4, -0.2) is 21.9 Å². The fourth-order valence-electron chi connectivity index (χ4n) is 3.80. The van der Waals surface area contributed by atoms with Gasteiger partial charge in [0.2, 0.25) is 0 Å². The standard InChI is InChI=1S/C21H24FN3OS/c1-12-8-9-15-17(10-12)27-21-18(15)20(26)23-19(24-21)13(2)25(3)11-14-6-4-5-7-16(14)22/h4-7,12-13H,8-11H2,1-3H3,(H,23,24,26)/t12-,13+/m0/s1. The highest BCUT2D eigenvalue weighted by atomic mass is 32.1. The van der Waals surface area contributed by atoms with E-state index in [2.05, 4.69) is 11.9 Å². The second-order valence-corrected chi connectivity index (χ2v) is 8.75. The van der Waals surface area contributed by atoms with E-state index < -0.39 is 0 Å². The third-order valence-electron chi connectivity index (χ3n) is 5.62. The van der Waals surface area contributed by atoms with E-state index in [0.29, 0.717) is 23.9 Å². The molecule has 4 nitrogen and oxygen atoms in total. The Morgan fingerprint density at radius 3 is 2.96 bits per heavy atom. The summed E-state index contributed by atoms with van der Waals surface area (Å²) in [5.74, 6) is 1.08. The molecule has 2 aromatic heterocycles. The van der Waals surface area contributed by atoms with Gasteiger partial charge in [0.1, 0.15) is 16.5 Å². The molecule has 0 saturated carbocycles. The number of thiophene rings is 1. The molecule has 0 spiro atoms. The van der Waals surface area contributed by atoms with Crippen LogP contribution in [0.2, 0.25) is 0 Å². The number of H-pyrrole nitrogens is 1. The molecular formula is C21H24FN3OS. The van der Waals surface area contributed by atoms with Gasteiger partial charge in [-0.15, -0.1) is 11.3 Å². The van der Waals surface area contributed by atoms with Crippen LogP contribution >= 0.6 is 11.3 Å². The third-order valence-corrected chi connectivity index (χ3v) is 6.77. The zero-order valence-corrected chi connectivity index (χ0v) is 16.7. The molecule has 0 unspecified atom stereocenters. The van der Waals surface area contributed by atoms with Gasteiger partial charge in [-0.3, -0.25) is 9.69 Å². The number of nitrogens with zero attached hydrogens (tertiary/aromatic N) is 2. The van der Waals surface area contributed by atoms with Crippen LogP contribution in [0.5, 0.6) is 0 Å². The lowest BCUT2D eigenvalue weighted by atomic mass is 9.89. The van der Waals surface area contributed by atoms with Crippen molar-refractivity contribution in [2.45, 2.75) is 45.7 Å². The maximum Gasteiger partial charge on any atom is 0.259 e. The minimum absolute atomic E-state index is 0.0480. The van der Waals surface area contributed by atoms with Crippen LogP contribution in [0.25, 0.3) is 10.2 Å². The first-order chi connectivity index (χ1) is 12.9. The van der Waals surface area contributed by atoms with Crippen molar-refractivity contribution in [3.8, 4) is 0 Å². The number of fused-ring (bicyclic) bond motifs is 3. The van der Waals surface area contributed by atoms with E-state index in [9.17, 15) is 9.18 Å². The van der Waals surface area contributed by atoms with Crippen LogP contribution in [0.4, 0.5) is 4.39 Å². The summed E-state index contributed by atoms with van der Waals surface area (Å²) in [6, 6.07) is 6.65. The largest absolute Gasteiger partial charge is 0.309 e. The van der Waals surface area contributed by atoms with Gasteiger partial charge in [0.05, 0.1) is 11.4 Å². The lowest BCUT2D eigenvalue weighted by Gasteiger charge is -2.24. The number of hydrogen-bond donors (Lipinski definition) is 1. The van der Waals surface area contributed by atoms with Gasteiger partial charge in [-0.1, -0.05) is 25.1 Å². The zero-order chi connectivity index (χ0) is 19.1. The molecule has 1 aliphatic carbocycles. The molecule has 0 saturated heterocycles. The van der Waals surface area contributed by atoms with Gasteiger partial charge in [0.25, 0.3) is 5.56 Å². The van der Waals surface area contributed by atoms with Crippen molar-refractivity contribution in [2.24, 2.45) is 5.92 Å². The van der Waals surface area contributed by atoms with Gasteiger partial charge in [0, 0.05) is 17.0 Å². The number of aromatic amines is 1. The quantitative estimate of drug-likeness (QED) is 0.722. The minimum Gasteiger partial charge on any atom is -0.309 e. The summed E-state index contributed by atoms with van der Waals surface area (Å²) in [5.41, 5.74) is 1.78. The second-order valence-electron chi connectivity index (χ2n) is 7.67. The summed E-state index contributed by atoms with van der Waals surface area (Å²) < 4.78 is 14.0. The van der Waals surface area contributed by atoms with E-state index in [0.717, 1.165) is 29.5 Å². The van der Waals surface area contributed by atoms with Crippen LogP contribution in [0, 0.1) is 11.7 Å². The topological polar surface area (TPSA) is 49.0 Å². The molecule has 3 aromatic rings. The third kappa shape index (κ3) is 3.44. The maximum absolute atomic E-state index is 14.0. The zero-order valence-electron chi connectivity index (χ0n) is 15.9. The Morgan fingerprint density at radius 1 is 1.41 bits per heavy atom. The molecule has 6 heteroatoms. The van der Waals surface area contributed by atoms with Crippen molar-refractivity contribution >= 4 is 21.6 Å². The lowest BCUT2D eigenvalue weighted by Crippen LogP contribution is -2.26. The molecule has 0 radical (unpaired) electrons. The van der Waals surface area contributed by atoms with E-state index in [4.69, 9.17) is 4.98 Å². The predicted octanol–water partition coefficient (Wildman–Crippen LogP) is 4.44. The van der Waals surface area contributed by atoms with Crippen molar-refractivity contribution < 1.29 is 4.39 Å². The molecule has 0 aliphatic heterocycles. The first-order valence-corrected chi connectivity index (χ1v) is 10.2. The fourth-order valence-corrected chi connectivity index (χ4v) is 5.19. The summed E-state index contributed by atoms with van der Waals surface area (Å²) in [6.07, 6.45) is 3.12. The number of benzene rings is 1. The lowest BCUT2D eigenvalue weighted by molar-refractivity contribution is 0.240. The van der Waals surface area contributed by atoms with E-state index in [1.165, 1.54) is 16.5 Å². The molecule has 142 valence electrons. The van der Waals surface area contributed by atoms with E-state index >= 15 is 0 Å². The second kappa shape index (κ2) is 7.17. The van der Waals surface area contributed by atoms with Crippen LogP contribution < -0.4 is 5.56 Å². The number of halogens is 1. The summed E-state index contributed by atoms with van der Waals surface area (Å²) in [7, 11) is 1.92. The number of aryl methyl sites for hydroxylation is 1. The first kappa shape index (κ1) is 18.3. The van der Waals surface area contributed by atoms with Crippen LogP contribution in [-0.2, 0) is 19.4 Å². The summed E-state index contributed by atoms with van der Waals surface area (Å²) >= 11 is 1.66. The molecule has 0 bridgehead atoms. The Bertz CT molecular complexity index is 1040. The molecule has 4 rings (SSSR count). The highest BCUT2D eigenvalue weighted by molar-refractivity contribution is 7.18. The number of nitrogens with one attached hydrogen (secondary N) is 1. The summed E-state index contributed by atoms with van der Waals surface area (Å²) in [5, 5.41) is 0.773. The fraction of sp³-hybridized carbons (Fsp3) is 0.429. The van der Waals surface area contributed by atoms with Gasteiger partial charge in [0.15, 0.2) is 0 Å². The van der Waals surface area contributed by atoms with Crippen molar-refractivity contribution in [3.05, 3.63) is 62.3 Å². The highest BCUT2D eigenvalue weighted by Crippen LogP contribution is 2.36. The molecule has 0 amide bonds. The maximum atomic E-state index is 14.0. The van der Waals surface area contributed by atoms with E-state index in [1.807, 2.05) is 24.9 Å². The van der Waals surface area contributed by atoms with E-state index in [-0.39, 0.29) is 17.4 Å². The molecule has 27 heavy (non-hydrogen) atoms. The van der Waals surface area contributed by atoms with Crippen LogP contribution in [0.15, 0.2) is 29.1 Å². The smallest absolute Gasteiger partial charge is 0.259 e. The van der Waals surface area contributed by atoms with Gasteiger partial charge in [-0.05, 0) is 50.8 Å². The first-order valence-electron chi connectivity index (χ1n) is 9.42. The Hall–Kier alpha value is -2.05. The average Bonchev–Trinajstić information content (AvgIpc) is 3.00. The van der Waals surface area contributed by atoms with Crippen molar-refractivity contribution in [1.82, 2.24) is 14.9 Å². The average molecular weight is 386 g/mol. The van der Waals surface area contributed by atoms with Gasteiger partial charge in [-0.25, -0.2) is 9.37 Å². The molecule has 2 heterocycles. The Morgan fingerprint density at radius 2 is 2.19 bits per heavy atom. The van der Waals surface area contributed by atoms with E-state index in [1.54, 1.807) is 23.5 Å². The monoisotopic (exact) mass is 385 g/mol. The Kier molecular flexibility index (Phi) is 4.86. The molecule has 1 aromatic carbocycles. The van der Waals surface area contributed by atoms with Gasteiger partial charge in [-0.2, -0.15) is 0 Å². The summed E-state index contributed by atoms with van der Waals surface area (Å²) in [4.78, 5) is 24.7. The summed E-state index contributed by atoms with van der Waals surface area (Å²) in [6.45, 7) is 4.70. The number of rotatable bonds is 4. The SMILES string of the molecule is C[C@H]1CCc2c(sc3nc([C@@H](C)N(C)Cc4ccccc4F)[nH]c(=O)c23)C1. The molecule has 0 fully saturated rings. The highest BCUT2D eigenvalue weighted by Gasteiger charge is 2.24. The van der Waals surface area contributed by atoms with Crippen molar-refractivity contribution in [2.75, 3.05) is 7.05 Å². The van der Waals surface area contributed by atoms with Gasteiger partial charge >= 0.3 is 0 Å². The number of aromatic nitrogens is 2. The molecule has 1 aliphatic rings. The molecule has 1 N–H and O–H groups in total. The Balaban J connectivity index is 1.65. The predicted molar refractivity (Wildman–Crippen MR) is 108 cm³/mol. The van der Waals surface area contributed by atoms with Crippen molar-refractivity contribution in [3.63, 3.8) is 0 Å². The number of hydrogen-bond acceptors (Lipinski definition) is 4. The van der Waals surface area contributed by atoms with Gasteiger partial charge < -0.3 is 4.98 Å². The Labute approximate surface area is 162 Å². The molecule has 2 atom stereocenters. The molecular weight excluding hydrogens is 361 g/mol. The minimum atomic E-state index is -0.214.